The summed E-state index contributed by atoms with van der Waals surface area (Å²) in [6.07, 6.45) is 5.58. The van der Waals surface area contributed by atoms with Crippen molar-refractivity contribution < 1.29 is 0 Å². The molecule has 0 N–H and O–H groups in total. The summed E-state index contributed by atoms with van der Waals surface area (Å²) in [6, 6.07) is 11.6. The average molecular weight is 231 g/mol. The van der Waals surface area contributed by atoms with Crippen LogP contribution in [0.25, 0.3) is 0 Å². The molecule has 1 aromatic rings. The van der Waals surface area contributed by atoms with Crippen LogP contribution in [0, 0.1) is 11.8 Å². The van der Waals surface area contributed by atoms with Crippen molar-refractivity contribution in [1.82, 2.24) is 4.90 Å². The minimum absolute atomic E-state index is 0.601. The van der Waals surface area contributed by atoms with Crippen molar-refractivity contribution in [2.24, 2.45) is 11.8 Å². The molecule has 0 saturated heterocycles. The highest BCUT2D eigenvalue weighted by atomic mass is 15.1. The van der Waals surface area contributed by atoms with E-state index in [2.05, 4.69) is 56.3 Å². The van der Waals surface area contributed by atoms with E-state index in [1.165, 1.54) is 31.2 Å². The molecule has 94 valence electrons. The van der Waals surface area contributed by atoms with E-state index in [0.717, 1.165) is 11.8 Å². The highest BCUT2D eigenvalue weighted by Gasteiger charge is 2.28. The Labute approximate surface area is 106 Å². The van der Waals surface area contributed by atoms with Gasteiger partial charge in [0.15, 0.2) is 0 Å². The Morgan fingerprint density at radius 2 is 1.59 bits per heavy atom. The van der Waals surface area contributed by atoms with Crippen LogP contribution in [-0.4, -0.2) is 19.0 Å². The molecule has 1 aromatic carbocycles. The summed E-state index contributed by atoms with van der Waals surface area (Å²) in [6.45, 7) is 2.39. The van der Waals surface area contributed by atoms with E-state index >= 15 is 0 Å². The predicted molar refractivity (Wildman–Crippen MR) is 74.0 cm³/mol. The van der Waals surface area contributed by atoms with Gasteiger partial charge in [-0.25, -0.2) is 0 Å². The van der Waals surface area contributed by atoms with Crippen LogP contribution in [0.1, 0.15) is 44.2 Å². The van der Waals surface area contributed by atoms with Crippen LogP contribution in [0.5, 0.6) is 0 Å². The summed E-state index contributed by atoms with van der Waals surface area (Å²) in [5.41, 5.74) is 1.48. The summed E-state index contributed by atoms with van der Waals surface area (Å²) in [5, 5.41) is 0. The Morgan fingerprint density at radius 1 is 1.00 bits per heavy atom. The first-order chi connectivity index (χ1) is 8.18. The molecule has 0 aromatic heterocycles. The van der Waals surface area contributed by atoms with Gasteiger partial charge in [-0.15, -0.1) is 0 Å². The number of hydrogen-bond acceptors (Lipinski definition) is 1. The highest BCUT2D eigenvalue weighted by molar-refractivity contribution is 5.19. The van der Waals surface area contributed by atoms with E-state index in [4.69, 9.17) is 0 Å². The van der Waals surface area contributed by atoms with Crippen molar-refractivity contribution in [2.75, 3.05) is 14.1 Å². The fourth-order valence-electron chi connectivity index (χ4n) is 3.24. The first kappa shape index (κ1) is 12.6. The SMILES string of the molecule is CC1CCC(C(c2ccccc2)N(C)C)CC1. The van der Waals surface area contributed by atoms with E-state index in [-0.39, 0.29) is 0 Å². The molecule has 1 aliphatic rings. The van der Waals surface area contributed by atoms with Gasteiger partial charge in [0.05, 0.1) is 0 Å². The topological polar surface area (TPSA) is 3.24 Å². The molecule has 0 radical (unpaired) electrons. The highest BCUT2D eigenvalue weighted by Crippen LogP contribution is 2.38. The van der Waals surface area contributed by atoms with Crippen molar-refractivity contribution in [3.05, 3.63) is 35.9 Å². The van der Waals surface area contributed by atoms with Crippen LogP contribution in [0.15, 0.2) is 30.3 Å². The minimum Gasteiger partial charge on any atom is -0.302 e. The average Bonchev–Trinajstić information content (AvgIpc) is 2.33. The fraction of sp³-hybridized carbons (Fsp3) is 0.625. The lowest BCUT2D eigenvalue weighted by Gasteiger charge is -2.36. The van der Waals surface area contributed by atoms with Gasteiger partial charge in [0.25, 0.3) is 0 Å². The normalized spacial score (nSPS) is 27.1. The molecule has 1 aliphatic carbocycles. The van der Waals surface area contributed by atoms with Crippen LogP contribution in [-0.2, 0) is 0 Å². The second kappa shape index (κ2) is 5.68. The zero-order chi connectivity index (χ0) is 12.3. The molecule has 0 aliphatic heterocycles. The van der Waals surface area contributed by atoms with E-state index in [1.807, 2.05) is 0 Å². The Morgan fingerprint density at radius 3 is 2.12 bits per heavy atom. The third kappa shape index (κ3) is 3.10. The summed E-state index contributed by atoms with van der Waals surface area (Å²) in [5.74, 6) is 1.77. The van der Waals surface area contributed by atoms with Crippen molar-refractivity contribution in [3.63, 3.8) is 0 Å². The Kier molecular flexibility index (Phi) is 4.22. The second-order valence-corrected chi connectivity index (χ2v) is 5.84. The fourth-order valence-corrected chi connectivity index (χ4v) is 3.24. The zero-order valence-corrected chi connectivity index (χ0v) is 11.4. The van der Waals surface area contributed by atoms with Crippen molar-refractivity contribution in [3.8, 4) is 0 Å². The van der Waals surface area contributed by atoms with Crippen LogP contribution in [0.2, 0.25) is 0 Å². The molecule has 0 bridgehead atoms. The first-order valence-corrected chi connectivity index (χ1v) is 6.90. The van der Waals surface area contributed by atoms with E-state index < -0.39 is 0 Å². The molecule has 17 heavy (non-hydrogen) atoms. The lowest BCUT2D eigenvalue weighted by Crippen LogP contribution is -2.30. The van der Waals surface area contributed by atoms with Gasteiger partial charge < -0.3 is 4.90 Å². The van der Waals surface area contributed by atoms with Gasteiger partial charge in [0, 0.05) is 6.04 Å². The monoisotopic (exact) mass is 231 g/mol. The molecular weight excluding hydrogens is 206 g/mol. The third-order valence-corrected chi connectivity index (χ3v) is 4.20. The molecule has 1 nitrogen and oxygen atoms in total. The van der Waals surface area contributed by atoms with Gasteiger partial charge >= 0.3 is 0 Å². The standard InChI is InChI=1S/C16H25N/c1-13-9-11-15(12-10-13)16(17(2)3)14-7-5-4-6-8-14/h4-8,13,15-16H,9-12H2,1-3H3. The smallest absolute Gasteiger partial charge is 0.0370 e. The maximum Gasteiger partial charge on any atom is 0.0370 e. The molecule has 1 atom stereocenters. The van der Waals surface area contributed by atoms with Gasteiger partial charge in [-0.3, -0.25) is 0 Å². The summed E-state index contributed by atoms with van der Waals surface area (Å²) in [7, 11) is 4.44. The maximum atomic E-state index is 2.40. The van der Waals surface area contributed by atoms with Crippen molar-refractivity contribution >= 4 is 0 Å². The lowest BCUT2D eigenvalue weighted by atomic mass is 9.77. The molecular formula is C16H25N. The van der Waals surface area contributed by atoms with Crippen LogP contribution < -0.4 is 0 Å². The Bertz CT molecular complexity index is 323. The van der Waals surface area contributed by atoms with Crippen LogP contribution >= 0.6 is 0 Å². The minimum atomic E-state index is 0.601. The van der Waals surface area contributed by atoms with Crippen molar-refractivity contribution in [2.45, 2.75) is 38.6 Å². The third-order valence-electron chi connectivity index (χ3n) is 4.20. The van der Waals surface area contributed by atoms with Gasteiger partial charge in [-0.05, 0) is 44.3 Å². The quantitative estimate of drug-likeness (QED) is 0.756. The van der Waals surface area contributed by atoms with Gasteiger partial charge in [0.2, 0.25) is 0 Å². The van der Waals surface area contributed by atoms with Gasteiger partial charge in [-0.1, -0.05) is 50.1 Å². The molecule has 1 saturated carbocycles. The van der Waals surface area contributed by atoms with E-state index in [1.54, 1.807) is 0 Å². The molecule has 0 amide bonds. The first-order valence-electron chi connectivity index (χ1n) is 6.90. The molecule has 0 spiro atoms. The predicted octanol–water partition coefficient (Wildman–Crippen LogP) is 4.12. The zero-order valence-electron chi connectivity index (χ0n) is 11.4. The number of rotatable bonds is 3. The molecule has 1 fully saturated rings. The number of benzene rings is 1. The van der Waals surface area contributed by atoms with Gasteiger partial charge in [0.1, 0.15) is 0 Å². The Hall–Kier alpha value is -0.820. The van der Waals surface area contributed by atoms with E-state index in [0.29, 0.717) is 6.04 Å². The molecule has 0 heterocycles. The van der Waals surface area contributed by atoms with Crippen LogP contribution in [0.4, 0.5) is 0 Å². The molecule has 1 unspecified atom stereocenters. The summed E-state index contributed by atoms with van der Waals surface area (Å²) < 4.78 is 0. The molecule has 2 rings (SSSR count). The maximum absolute atomic E-state index is 2.40. The largest absolute Gasteiger partial charge is 0.302 e. The summed E-state index contributed by atoms with van der Waals surface area (Å²) in [4.78, 5) is 2.40. The molecule has 1 heteroatoms. The number of nitrogens with zero attached hydrogens (tertiary/aromatic N) is 1. The summed E-state index contributed by atoms with van der Waals surface area (Å²) >= 11 is 0. The van der Waals surface area contributed by atoms with Gasteiger partial charge in [-0.2, -0.15) is 0 Å². The Balaban J connectivity index is 2.13. The van der Waals surface area contributed by atoms with Crippen LogP contribution in [0.3, 0.4) is 0 Å². The lowest BCUT2D eigenvalue weighted by molar-refractivity contribution is 0.153. The number of hydrogen-bond donors (Lipinski definition) is 0. The van der Waals surface area contributed by atoms with E-state index in [9.17, 15) is 0 Å². The van der Waals surface area contributed by atoms with Crippen molar-refractivity contribution in [1.29, 1.82) is 0 Å². The second-order valence-electron chi connectivity index (χ2n) is 5.84.